The summed E-state index contributed by atoms with van der Waals surface area (Å²) < 4.78 is 80.8. The smallest absolute Gasteiger partial charge is 0.408 e. The van der Waals surface area contributed by atoms with Crippen LogP contribution in [0.1, 0.15) is 70.8 Å². The zero-order valence-electron chi connectivity index (χ0n) is 40.4. The Labute approximate surface area is 406 Å². The fourth-order valence-electron chi connectivity index (χ4n) is 7.28. The van der Waals surface area contributed by atoms with Gasteiger partial charge in [-0.2, -0.15) is 5.26 Å². The van der Waals surface area contributed by atoms with Gasteiger partial charge in [-0.25, -0.2) is 29.5 Å². The Hall–Kier alpha value is -4.56. The lowest BCUT2D eigenvalue weighted by molar-refractivity contribution is -0.0591. The molecule has 6 unspecified atom stereocenters. The van der Waals surface area contributed by atoms with Crippen molar-refractivity contribution in [3.63, 3.8) is 0 Å². The molecule has 378 valence electrons. The van der Waals surface area contributed by atoms with Crippen molar-refractivity contribution in [1.82, 2.24) is 39.0 Å². The summed E-state index contributed by atoms with van der Waals surface area (Å²) in [6.07, 6.45) is -5.16. The zero-order chi connectivity index (χ0) is 51.0. The number of hydrogen-bond acceptors (Lipinski definition) is 19. The van der Waals surface area contributed by atoms with Crippen LogP contribution in [-0.4, -0.2) is 128 Å². The molecule has 4 aromatic heterocycles. The van der Waals surface area contributed by atoms with Crippen LogP contribution in [0, 0.1) is 11.3 Å². The maximum atomic E-state index is 15.3. The summed E-state index contributed by atoms with van der Waals surface area (Å²) in [4.78, 5) is 59.9. The van der Waals surface area contributed by atoms with Crippen LogP contribution in [0.15, 0.2) is 60.4 Å². The van der Waals surface area contributed by atoms with Crippen molar-refractivity contribution >= 4 is 66.8 Å². The molecule has 0 bridgehead atoms. The third kappa shape index (κ3) is 11.4. The number of ether oxygens (including phenoxy) is 2. The Bertz CT molecular complexity index is 2830. The second-order valence-electron chi connectivity index (χ2n) is 19.8. The predicted octanol–water partition coefficient (Wildman–Crippen LogP) is 6.25. The summed E-state index contributed by atoms with van der Waals surface area (Å²) in [5, 5.41) is 23.5. The maximum absolute atomic E-state index is 15.3. The minimum absolute atomic E-state index is 0.00546. The number of benzene rings is 1. The molecular formula is C42H59N10O14P2Si2+. The first-order valence-corrected chi connectivity index (χ1v) is 30.8. The number of H-pyrrole nitrogens is 1. The number of amides is 1. The van der Waals surface area contributed by atoms with E-state index in [0.717, 1.165) is 0 Å². The number of aliphatic hydroxyl groups excluding tert-OH is 1. The number of imidazole rings is 2. The first-order chi connectivity index (χ1) is 32.8. The standard InChI is InChI=1S/C42H58N10O14P2Si2/c1-41(2,3)69(7,8)65-31-27(62-39(30(31)53)51-24-49-29-36(51)46-22-47-38(29)55)20-61-68(58,60-18-14-17-43)64-32-26(19-59-67(56)57)63-40(33(32)66-70(9,10)42(4,5)6)52-23-48-28-34(44-21-45-35(28)52)50-37(54)25-15-12-11-13-16-25/h11-13,15-16,21-24,26-27,30-33,39-40,53H,14,18-20H2,1-10H3,(H2-,44,45,46,47,50,54,55,56,57)/p+1/t26?,27?,30-,31-,32-,33-,39?,40?,68?/m1/s1. The number of anilines is 1. The number of phosphoric acid groups is 1. The maximum Gasteiger partial charge on any atom is 0.694 e. The third-order valence-corrected chi connectivity index (χ3v) is 23.9. The first kappa shape index (κ1) is 53.2. The van der Waals surface area contributed by atoms with E-state index in [0.29, 0.717) is 5.56 Å². The number of aromatic amines is 1. The van der Waals surface area contributed by atoms with Gasteiger partial charge in [0.1, 0.15) is 49.6 Å². The van der Waals surface area contributed by atoms with Crippen LogP contribution >= 0.6 is 16.1 Å². The molecule has 0 saturated carbocycles. The minimum atomic E-state index is -4.91. The number of hydrogen-bond donors (Lipinski definition) is 4. The van der Waals surface area contributed by atoms with Crippen LogP contribution in [0.4, 0.5) is 5.82 Å². The molecule has 2 fully saturated rings. The number of carbonyl (C=O) groups is 1. The lowest BCUT2D eigenvalue weighted by Crippen LogP contribution is -2.50. The van der Waals surface area contributed by atoms with Gasteiger partial charge in [-0.05, 0) is 48.4 Å². The number of nitrogens with one attached hydrogen (secondary N) is 2. The highest BCUT2D eigenvalue weighted by Crippen LogP contribution is 2.56. The molecule has 70 heavy (non-hydrogen) atoms. The Morgan fingerprint density at radius 3 is 2.11 bits per heavy atom. The Balaban J connectivity index is 1.26. The van der Waals surface area contributed by atoms with Crippen molar-refractivity contribution in [3.05, 3.63) is 71.6 Å². The van der Waals surface area contributed by atoms with Gasteiger partial charge < -0.3 is 33.7 Å². The fourth-order valence-corrected chi connectivity index (χ4v) is 11.6. The summed E-state index contributed by atoms with van der Waals surface area (Å²) in [5.41, 5.74) is 0.374. The Kier molecular flexibility index (Phi) is 15.9. The fraction of sp³-hybridized carbons (Fsp3) is 0.571. The number of rotatable bonds is 19. The molecule has 6 heterocycles. The second-order valence-corrected chi connectivity index (χ2v) is 31.7. The lowest BCUT2D eigenvalue weighted by atomic mass is 10.1. The summed E-state index contributed by atoms with van der Waals surface area (Å²) in [7, 11) is -13.7. The molecule has 10 atom stereocenters. The Morgan fingerprint density at radius 1 is 0.871 bits per heavy atom. The number of nitrogens with zero attached hydrogens (tertiary/aromatic N) is 8. The van der Waals surface area contributed by atoms with Crippen molar-refractivity contribution in [2.75, 3.05) is 25.1 Å². The van der Waals surface area contributed by atoms with Gasteiger partial charge in [-0.3, -0.25) is 32.3 Å². The monoisotopic (exact) mass is 1050 g/mol. The van der Waals surface area contributed by atoms with E-state index < -0.39 is 118 Å². The zero-order valence-corrected chi connectivity index (χ0v) is 44.2. The van der Waals surface area contributed by atoms with Crippen LogP contribution in [0.3, 0.4) is 0 Å². The normalized spacial score (nSPS) is 24.5. The molecule has 28 heteroatoms. The molecule has 4 N–H and O–H groups in total. The number of phosphoric ester groups is 1. The van der Waals surface area contributed by atoms with Crippen molar-refractivity contribution < 1.29 is 60.3 Å². The van der Waals surface area contributed by atoms with Crippen LogP contribution < -0.4 is 10.9 Å². The van der Waals surface area contributed by atoms with E-state index in [1.165, 1.54) is 34.4 Å². The highest BCUT2D eigenvalue weighted by atomic mass is 31.2. The van der Waals surface area contributed by atoms with Crippen LogP contribution in [0.25, 0.3) is 22.3 Å². The number of aliphatic hydroxyl groups is 1. The van der Waals surface area contributed by atoms with Crippen molar-refractivity contribution in [2.24, 2.45) is 0 Å². The van der Waals surface area contributed by atoms with Gasteiger partial charge in [0, 0.05) is 10.1 Å². The number of aromatic nitrogens is 8. The van der Waals surface area contributed by atoms with Crippen LogP contribution in [-0.2, 0) is 45.6 Å². The summed E-state index contributed by atoms with van der Waals surface area (Å²) in [6, 6.07) is 10.5. The molecular weight excluding hydrogens is 987 g/mol. The Morgan fingerprint density at radius 2 is 1.47 bits per heavy atom. The summed E-state index contributed by atoms with van der Waals surface area (Å²) in [5.74, 6) is -0.355. The van der Waals surface area contributed by atoms with Crippen LogP contribution in [0.2, 0.25) is 36.3 Å². The van der Waals surface area contributed by atoms with Gasteiger partial charge in [0.2, 0.25) is 0 Å². The van der Waals surface area contributed by atoms with Crippen molar-refractivity contribution in [1.29, 1.82) is 5.26 Å². The topological polar surface area (TPSA) is 308 Å². The SMILES string of the molecule is CC(C)(C)[Si](C)(C)O[C@@H]1C(COP(=O)(OCCC#N)O[C@@H]2C(CO[P+](=O)O)OC(n3cnc4c(NC(=O)c5ccccc5)ncnc43)[C@@H]2O[Si](C)(C)C(C)(C)C)OC(n2cnc3c(=O)[nH]cnc32)[C@@H]1O. The molecule has 0 spiro atoms. The number of carbonyl (C=O) groups excluding carboxylic acids is 1. The van der Waals surface area contributed by atoms with E-state index in [2.05, 4.69) is 35.2 Å². The second kappa shape index (κ2) is 20.9. The van der Waals surface area contributed by atoms with Gasteiger partial charge in [-0.1, -0.05) is 59.7 Å². The van der Waals surface area contributed by atoms with E-state index in [4.69, 9.17) is 36.4 Å². The van der Waals surface area contributed by atoms with E-state index in [9.17, 15) is 29.4 Å². The van der Waals surface area contributed by atoms with E-state index in [1.54, 1.807) is 30.3 Å². The molecule has 0 aliphatic carbocycles. The van der Waals surface area contributed by atoms with Gasteiger partial charge in [0.05, 0.1) is 44.7 Å². The highest BCUT2D eigenvalue weighted by molar-refractivity contribution is 7.48. The molecule has 1 amide bonds. The van der Waals surface area contributed by atoms with Gasteiger partial charge in [-0.15, -0.1) is 9.42 Å². The summed E-state index contributed by atoms with van der Waals surface area (Å²) in [6.45, 7) is 18.4. The molecule has 5 aromatic rings. The largest absolute Gasteiger partial charge is 0.694 e. The molecule has 7 rings (SSSR count). The van der Waals surface area contributed by atoms with Crippen molar-refractivity contribution in [2.45, 2.75) is 133 Å². The average Bonchev–Trinajstić information content (AvgIpc) is 4.06. The van der Waals surface area contributed by atoms with Gasteiger partial charge in [0.25, 0.3) is 11.5 Å². The quantitative estimate of drug-likeness (QED) is 0.0403. The third-order valence-electron chi connectivity index (χ3n) is 13.1. The molecule has 2 saturated heterocycles. The molecule has 0 radical (unpaired) electrons. The van der Waals surface area contributed by atoms with Gasteiger partial charge >= 0.3 is 16.1 Å². The van der Waals surface area contributed by atoms with E-state index in [-0.39, 0.29) is 39.6 Å². The lowest BCUT2D eigenvalue weighted by Gasteiger charge is -2.41. The van der Waals surface area contributed by atoms with E-state index >= 15 is 4.57 Å². The molecule has 24 nitrogen and oxygen atoms in total. The highest BCUT2D eigenvalue weighted by Gasteiger charge is 2.56. The van der Waals surface area contributed by atoms with Gasteiger partial charge in [0.15, 0.2) is 57.2 Å². The van der Waals surface area contributed by atoms with Crippen LogP contribution in [0.5, 0.6) is 0 Å². The molecule has 1 aromatic carbocycles. The predicted molar refractivity (Wildman–Crippen MR) is 256 cm³/mol. The summed E-state index contributed by atoms with van der Waals surface area (Å²) >= 11 is 0. The molecule has 2 aliphatic rings. The number of nitriles is 1. The van der Waals surface area contributed by atoms with Crippen molar-refractivity contribution in [3.8, 4) is 6.07 Å². The molecule has 2 aliphatic heterocycles. The minimum Gasteiger partial charge on any atom is -0.408 e. The van der Waals surface area contributed by atoms with E-state index in [1.807, 2.05) is 73.8 Å². The first-order valence-electron chi connectivity index (χ1n) is 22.4. The number of fused-ring (bicyclic) bond motifs is 2. The average molecular weight is 1050 g/mol.